The molecule has 2 N–H and O–H groups in total. The summed E-state index contributed by atoms with van der Waals surface area (Å²) >= 11 is 0. The first kappa shape index (κ1) is 13.0. The van der Waals surface area contributed by atoms with Gasteiger partial charge in [0.1, 0.15) is 11.5 Å². The van der Waals surface area contributed by atoms with Gasteiger partial charge in [-0.05, 0) is 37.3 Å². The third-order valence-electron chi connectivity index (χ3n) is 2.93. The summed E-state index contributed by atoms with van der Waals surface area (Å²) in [6.07, 6.45) is 0. The molecule has 5 heteroatoms. The van der Waals surface area contributed by atoms with Crippen LogP contribution in [0.1, 0.15) is 21.9 Å². The Morgan fingerprint density at radius 3 is 2.47 bits per heavy atom. The lowest BCUT2D eigenvalue weighted by Gasteiger charge is -2.18. The Bertz CT molecular complexity index is 586. The second-order valence-electron chi connectivity index (χ2n) is 4.37. The Morgan fingerprint density at radius 2 is 1.95 bits per heavy atom. The normalized spacial score (nSPS) is 10.4. The van der Waals surface area contributed by atoms with E-state index in [2.05, 4.69) is 0 Å². The van der Waals surface area contributed by atoms with Gasteiger partial charge >= 0.3 is 5.97 Å². The highest BCUT2D eigenvalue weighted by Crippen LogP contribution is 2.22. The predicted molar refractivity (Wildman–Crippen MR) is 70.6 cm³/mol. The summed E-state index contributed by atoms with van der Waals surface area (Å²) in [5.74, 6) is -0.305. The average molecular weight is 261 g/mol. The van der Waals surface area contributed by atoms with Crippen LogP contribution in [0.4, 0.5) is 5.69 Å². The van der Waals surface area contributed by atoms with Crippen LogP contribution < -0.4 is 4.90 Å². The molecule has 5 nitrogen and oxygen atoms in total. The van der Waals surface area contributed by atoms with Gasteiger partial charge in [0.15, 0.2) is 0 Å². The number of hydrogen-bond donors (Lipinski definition) is 2. The number of carboxylic acid groups (broad SMARTS) is 1. The molecule has 100 valence electrons. The number of aromatic carboxylic acids is 1. The molecule has 0 saturated carbocycles. The van der Waals surface area contributed by atoms with Crippen LogP contribution in [0.5, 0.6) is 5.75 Å². The molecule has 0 unspecified atom stereocenters. The summed E-state index contributed by atoms with van der Waals surface area (Å²) in [6, 6.07) is 8.34. The molecule has 0 atom stereocenters. The van der Waals surface area contributed by atoms with Crippen LogP contribution in [0.3, 0.4) is 0 Å². The minimum atomic E-state index is -1.07. The van der Waals surface area contributed by atoms with Crippen LogP contribution in [-0.4, -0.2) is 23.2 Å². The third-order valence-corrected chi connectivity index (χ3v) is 2.93. The molecule has 0 aliphatic heterocycles. The highest BCUT2D eigenvalue weighted by atomic mass is 16.4. The number of hydrogen-bond acceptors (Lipinski definition) is 4. The Balaban J connectivity index is 2.16. The molecule has 2 aromatic rings. The van der Waals surface area contributed by atoms with Crippen molar-refractivity contribution < 1.29 is 19.4 Å². The van der Waals surface area contributed by atoms with Crippen molar-refractivity contribution in [2.45, 2.75) is 13.5 Å². The van der Waals surface area contributed by atoms with Gasteiger partial charge in [0.2, 0.25) is 5.76 Å². The standard InChI is InChI=1S/C14H15NO4/c1-9-10(7-13(19-9)14(17)18)8-15(2)11-3-5-12(16)6-4-11/h3-7,16H,8H2,1-2H3,(H,17,18). The van der Waals surface area contributed by atoms with Gasteiger partial charge in [-0.15, -0.1) is 0 Å². The smallest absolute Gasteiger partial charge is 0.371 e. The molecular formula is C14H15NO4. The van der Waals surface area contributed by atoms with Crippen molar-refractivity contribution in [1.82, 2.24) is 0 Å². The zero-order chi connectivity index (χ0) is 14.0. The first-order valence-electron chi connectivity index (χ1n) is 5.80. The van der Waals surface area contributed by atoms with E-state index >= 15 is 0 Å². The van der Waals surface area contributed by atoms with Gasteiger partial charge in [0.25, 0.3) is 0 Å². The molecular weight excluding hydrogens is 246 g/mol. The van der Waals surface area contributed by atoms with E-state index in [0.717, 1.165) is 11.3 Å². The van der Waals surface area contributed by atoms with Gasteiger partial charge in [-0.25, -0.2) is 4.79 Å². The van der Waals surface area contributed by atoms with Crippen molar-refractivity contribution in [3.8, 4) is 5.75 Å². The first-order valence-corrected chi connectivity index (χ1v) is 5.80. The topological polar surface area (TPSA) is 73.9 Å². The predicted octanol–water partition coefficient (Wildman–Crippen LogP) is 2.63. The molecule has 0 radical (unpaired) electrons. The van der Waals surface area contributed by atoms with Crippen molar-refractivity contribution in [3.63, 3.8) is 0 Å². The molecule has 0 aliphatic rings. The summed E-state index contributed by atoms with van der Waals surface area (Å²) in [4.78, 5) is 12.8. The van der Waals surface area contributed by atoms with E-state index in [0.29, 0.717) is 12.3 Å². The fourth-order valence-corrected chi connectivity index (χ4v) is 1.84. The summed E-state index contributed by atoms with van der Waals surface area (Å²) < 4.78 is 5.17. The number of benzene rings is 1. The highest BCUT2D eigenvalue weighted by molar-refractivity contribution is 5.84. The lowest BCUT2D eigenvalue weighted by molar-refractivity contribution is 0.0661. The number of furan rings is 1. The molecule has 19 heavy (non-hydrogen) atoms. The van der Waals surface area contributed by atoms with E-state index in [9.17, 15) is 9.90 Å². The number of nitrogens with zero attached hydrogens (tertiary/aromatic N) is 1. The minimum Gasteiger partial charge on any atom is -0.508 e. The quantitative estimate of drug-likeness (QED) is 0.885. The number of aromatic hydroxyl groups is 1. The fourth-order valence-electron chi connectivity index (χ4n) is 1.84. The number of rotatable bonds is 4. The molecule has 0 aliphatic carbocycles. The van der Waals surface area contributed by atoms with E-state index < -0.39 is 5.97 Å². The van der Waals surface area contributed by atoms with Crippen molar-refractivity contribution in [2.24, 2.45) is 0 Å². The van der Waals surface area contributed by atoms with E-state index in [1.807, 2.05) is 11.9 Å². The Kier molecular flexibility index (Phi) is 3.46. The number of phenols is 1. The second-order valence-corrected chi connectivity index (χ2v) is 4.37. The van der Waals surface area contributed by atoms with Gasteiger partial charge in [-0.3, -0.25) is 0 Å². The molecule has 2 rings (SSSR count). The molecule has 1 heterocycles. The minimum absolute atomic E-state index is 0.0494. The van der Waals surface area contributed by atoms with Gasteiger partial charge in [0, 0.05) is 24.8 Å². The van der Waals surface area contributed by atoms with E-state index in [-0.39, 0.29) is 11.5 Å². The van der Waals surface area contributed by atoms with Crippen molar-refractivity contribution >= 4 is 11.7 Å². The molecule has 0 saturated heterocycles. The molecule has 0 amide bonds. The van der Waals surface area contributed by atoms with Crippen molar-refractivity contribution in [3.05, 3.63) is 47.4 Å². The largest absolute Gasteiger partial charge is 0.508 e. The monoisotopic (exact) mass is 261 g/mol. The molecule has 0 bridgehead atoms. The van der Waals surface area contributed by atoms with Crippen LogP contribution in [0.25, 0.3) is 0 Å². The number of carbonyl (C=O) groups is 1. The van der Waals surface area contributed by atoms with Crippen LogP contribution in [0.2, 0.25) is 0 Å². The maximum absolute atomic E-state index is 10.8. The van der Waals surface area contributed by atoms with Crippen LogP contribution in [-0.2, 0) is 6.54 Å². The van der Waals surface area contributed by atoms with Crippen molar-refractivity contribution in [1.29, 1.82) is 0 Å². The number of aryl methyl sites for hydroxylation is 1. The summed E-state index contributed by atoms with van der Waals surface area (Å²) in [5.41, 5.74) is 1.75. The second kappa shape index (κ2) is 5.06. The Morgan fingerprint density at radius 1 is 1.32 bits per heavy atom. The number of phenolic OH excluding ortho intramolecular Hbond substituents is 1. The van der Waals surface area contributed by atoms with E-state index in [4.69, 9.17) is 9.52 Å². The summed E-state index contributed by atoms with van der Waals surface area (Å²) in [6.45, 7) is 2.28. The van der Waals surface area contributed by atoms with Gasteiger partial charge in [0.05, 0.1) is 0 Å². The zero-order valence-electron chi connectivity index (χ0n) is 10.8. The molecule has 0 fully saturated rings. The zero-order valence-corrected chi connectivity index (χ0v) is 10.8. The number of anilines is 1. The van der Waals surface area contributed by atoms with Crippen LogP contribution in [0.15, 0.2) is 34.7 Å². The van der Waals surface area contributed by atoms with Crippen LogP contribution >= 0.6 is 0 Å². The lowest BCUT2D eigenvalue weighted by atomic mass is 10.2. The maximum Gasteiger partial charge on any atom is 0.371 e. The lowest BCUT2D eigenvalue weighted by Crippen LogP contribution is -2.16. The summed E-state index contributed by atoms with van der Waals surface area (Å²) in [7, 11) is 1.89. The van der Waals surface area contributed by atoms with E-state index in [1.54, 1.807) is 31.2 Å². The maximum atomic E-state index is 10.8. The SMILES string of the molecule is Cc1oc(C(=O)O)cc1CN(C)c1ccc(O)cc1. The van der Waals surface area contributed by atoms with Gasteiger partial charge in [-0.2, -0.15) is 0 Å². The van der Waals surface area contributed by atoms with Crippen LogP contribution in [0, 0.1) is 6.92 Å². The molecule has 1 aromatic carbocycles. The van der Waals surface area contributed by atoms with Gasteiger partial charge < -0.3 is 19.5 Å². The molecule has 0 spiro atoms. The van der Waals surface area contributed by atoms with Crippen molar-refractivity contribution in [2.75, 3.05) is 11.9 Å². The Hall–Kier alpha value is -2.43. The van der Waals surface area contributed by atoms with E-state index in [1.165, 1.54) is 6.07 Å². The highest BCUT2D eigenvalue weighted by Gasteiger charge is 2.14. The average Bonchev–Trinajstić information content (AvgIpc) is 2.72. The summed E-state index contributed by atoms with van der Waals surface area (Å²) in [5, 5.41) is 18.1. The molecule has 1 aromatic heterocycles. The Labute approximate surface area is 110 Å². The fraction of sp³-hybridized carbons (Fsp3) is 0.214. The third kappa shape index (κ3) is 2.88. The first-order chi connectivity index (χ1) is 8.97. The number of carboxylic acids is 1. The van der Waals surface area contributed by atoms with Gasteiger partial charge in [-0.1, -0.05) is 0 Å².